The second kappa shape index (κ2) is 9.30. The van der Waals surface area contributed by atoms with Crippen LogP contribution in [0.15, 0.2) is 55.1 Å². The minimum absolute atomic E-state index is 0.0781. The van der Waals surface area contributed by atoms with E-state index >= 15 is 0 Å². The molecule has 6 nitrogen and oxygen atoms in total. The molecule has 0 unspecified atom stereocenters. The number of hydrogen-bond acceptors (Lipinski definition) is 5. The van der Waals surface area contributed by atoms with Gasteiger partial charge >= 0.3 is 0 Å². The number of hydrogen-bond donors (Lipinski definition) is 1. The van der Waals surface area contributed by atoms with Crippen molar-refractivity contribution in [1.82, 2.24) is 14.8 Å². The molecule has 9 heteroatoms. The fraction of sp³-hybridized carbons (Fsp3) is 0.391. The number of aromatic nitrogens is 3. The number of aliphatic hydroxyl groups is 1. The SMILES string of the molecule is C[C@@H](OC1CCN(c2ccccc2F)CC1)[C@](O)(Cn1cncn1)c1ccc(F)cc1F. The third kappa shape index (κ3) is 4.63. The van der Waals surface area contributed by atoms with Crippen LogP contribution in [0.2, 0.25) is 0 Å². The third-order valence-corrected chi connectivity index (χ3v) is 5.97. The fourth-order valence-electron chi connectivity index (χ4n) is 4.18. The highest BCUT2D eigenvalue weighted by molar-refractivity contribution is 5.47. The molecule has 0 radical (unpaired) electrons. The lowest BCUT2D eigenvalue weighted by atomic mass is 9.87. The van der Waals surface area contributed by atoms with Gasteiger partial charge in [-0.3, -0.25) is 0 Å². The van der Waals surface area contributed by atoms with Crippen LogP contribution < -0.4 is 4.90 Å². The first-order valence-corrected chi connectivity index (χ1v) is 10.5. The highest BCUT2D eigenvalue weighted by Gasteiger charge is 2.41. The van der Waals surface area contributed by atoms with E-state index in [1.165, 1.54) is 29.5 Å². The lowest BCUT2D eigenvalue weighted by Gasteiger charge is -2.39. The summed E-state index contributed by atoms with van der Waals surface area (Å²) >= 11 is 0. The van der Waals surface area contributed by atoms with Crippen molar-refractivity contribution in [3.8, 4) is 0 Å². The monoisotopic (exact) mass is 446 g/mol. The molecule has 0 amide bonds. The number of rotatable bonds is 7. The van der Waals surface area contributed by atoms with Crippen molar-refractivity contribution in [2.45, 2.75) is 44.1 Å². The van der Waals surface area contributed by atoms with Crippen LogP contribution >= 0.6 is 0 Å². The molecule has 32 heavy (non-hydrogen) atoms. The Hall–Kier alpha value is -2.91. The van der Waals surface area contributed by atoms with E-state index in [-0.39, 0.29) is 24.0 Å². The van der Waals surface area contributed by atoms with E-state index in [0.717, 1.165) is 12.1 Å². The summed E-state index contributed by atoms with van der Waals surface area (Å²) in [5, 5.41) is 15.6. The number of piperidine rings is 1. The maximum absolute atomic E-state index is 14.6. The smallest absolute Gasteiger partial charge is 0.146 e. The lowest BCUT2D eigenvalue weighted by molar-refractivity contribution is -0.145. The Bertz CT molecular complexity index is 1040. The van der Waals surface area contributed by atoms with Crippen molar-refractivity contribution >= 4 is 5.69 Å². The van der Waals surface area contributed by atoms with Crippen LogP contribution in [0.4, 0.5) is 18.9 Å². The van der Waals surface area contributed by atoms with Gasteiger partial charge in [0.25, 0.3) is 0 Å². The van der Waals surface area contributed by atoms with Crippen LogP contribution in [0, 0.1) is 17.5 Å². The highest BCUT2D eigenvalue weighted by Crippen LogP contribution is 2.34. The first kappa shape index (κ1) is 22.3. The molecule has 1 N–H and O–H groups in total. The van der Waals surface area contributed by atoms with E-state index in [9.17, 15) is 18.3 Å². The van der Waals surface area contributed by atoms with Crippen LogP contribution in [0.5, 0.6) is 0 Å². The fourth-order valence-corrected chi connectivity index (χ4v) is 4.18. The molecular formula is C23H25F3N4O2. The summed E-state index contributed by atoms with van der Waals surface area (Å²) in [4.78, 5) is 5.83. The average molecular weight is 446 g/mol. The van der Waals surface area contributed by atoms with Gasteiger partial charge in [0.2, 0.25) is 0 Å². The van der Waals surface area contributed by atoms with Crippen molar-refractivity contribution in [2.24, 2.45) is 0 Å². The molecule has 1 aromatic heterocycles. The maximum atomic E-state index is 14.6. The summed E-state index contributed by atoms with van der Waals surface area (Å²) in [5.41, 5.74) is -1.34. The van der Waals surface area contributed by atoms with Crippen LogP contribution in [0.1, 0.15) is 25.3 Å². The van der Waals surface area contributed by atoms with E-state index in [0.29, 0.717) is 31.6 Å². The quantitative estimate of drug-likeness (QED) is 0.600. The largest absolute Gasteiger partial charge is 0.380 e. The van der Waals surface area contributed by atoms with E-state index in [1.54, 1.807) is 25.1 Å². The Morgan fingerprint density at radius 3 is 2.53 bits per heavy atom. The highest BCUT2D eigenvalue weighted by atomic mass is 19.1. The molecule has 3 aromatic rings. The van der Waals surface area contributed by atoms with Crippen LogP contribution in [-0.4, -0.2) is 45.2 Å². The number of nitrogens with zero attached hydrogens (tertiary/aromatic N) is 4. The predicted molar refractivity (Wildman–Crippen MR) is 112 cm³/mol. The minimum atomic E-state index is -1.81. The Balaban J connectivity index is 1.49. The summed E-state index contributed by atoms with van der Waals surface area (Å²) < 4.78 is 49.8. The van der Waals surface area contributed by atoms with E-state index in [4.69, 9.17) is 4.74 Å². The first-order valence-electron chi connectivity index (χ1n) is 10.5. The number of anilines is 1. The zero-order chi connectivity index (χ0) is 22.7. The molecule has 170 valence electrons. The third-order valence-electron chi connectivity index (χ3n) is 5.97. The minimum Gasteiger partial charge on any atom is -0.380 e. The molecule has 1 fully saturated rings. The van der Waals surface area contributed by atoms with Crippen LogP contribution in [0.25, 0.3) is 0 Å². The van der Waals surface area contributed by atoms with E-state index in [1.807, 2.05) is 4.90 Å². The van der Waals surface area contributed by atoms with E-state index < -0.39 is 23.3 Å². The van der Waals surface area contributed by atoms with Gasteiger partial charge in [-0.05, 0) is 38.0 Å². The second-order valence-corrected chi connectivity index (χ2v) is 8.06. The molecule has 2 aromatic carbocycles. The molecule has 0 aliphatic carbocycles. The van der Waals surface area contributed by atoms with Crippen molar-refractivity contribution in [2.75, 3.05) is 18.0 Å². The summed E-state index contributed by atoms with van der Waals surface area (Å²) in [7, 11) is 0. The Kier molecular flexibility index (Phi) is 6.48. The molecular weight excluding hydrogens is 421 g/mol. The molecule has 1 aliphatic rings. The predicted octanol–water partition coefficient (Wildman–Crippen LogP) is 3.66. The summed E-state index contributed by atoms with van der Waals surface area (Å²) in [6.45, 7) is 2.71. The molecule has 0 bridgehead atoms. The lowest BCUT2D eigenvalue weighted by Crippen LogP contribution is -2.47. The molecule has 1 aliphatic heterocycles. The van der Waals surface area contributed by atoms with Gasteiger partial charge < -0.3 is 14.7 Å². The Labute approximate surface area is 184 Å². The van der Waals surface area contributed by atoms with Gasteiger partial charge in [-0.2, -0.15) is 5.10 Å². The molecule has 1 saturated heterocycles. The van der Waals surface area contributed by atoms with Gasteiger partial charge in [-0.25, -0.2) is 22.8 Å². The van der Waals surface area contributed by atoms with Crippen LogP contribution in [0.3, 0.4) is 0 Å². The van der Waals surface area contributed by atoms with Crippen molar-refractivity contribution in [3.05, 3.63) is 78.1 Å². The Morgan fingerprint density at radius 1 is 1.12 bits per heavy atom. The molecule has 0 saturated carbocycles. The van der Waals surface area contributed by atoms with Gasteiger partial charge in [0, 0.05) is 24.7 Å². The molecule has 4 rings (SSSR count). The summed E-state index contributed by atoms with van der Waals surface area (Å²) in [5.74, 6) is -1.87. The number of ether oxygens (including phenoxy) is 1. The topological polar surface area (TPSA) is 63.4 Å². The normalized spacial score (nSPS) is 17.8. The standard InChI is InChI=1S/C23H25F3N4O2/c1-16(32-18-8-10-29(11-9-18)22-5-3-2-4-20(22)25)23(31,13-30-15-27-14-28-30)19-7-6-17(24)12-21(19)26/h2-7,12,14-16,18,31H,8-11,13H2,1H3/t16-,23-/m1/s1. The van der Waals surface area contributed by atoms with Gasteiger partial charge in [-0.15, -0.1) is 0 Å². The van der Waals surface area contributed by atoms with Crippen molar-refractivity contribution < 1.29 is 23.0 Å². The first-order chi connectivity index (χ1) is 15.4. The molecule has 0 spiro atoms. The van der Waals surface area contributed by atoms with Gasteiger partial charge in [0.05, 0.1) is 24.4 Å². The van der Waals surface area contributed by atoms with Gasteiger partial charge in [0.15, 0.2) is 0 Å². The maximum Gasteiger partial charge on any atom is 0.146 e. The van der Waals surface area contributed by atoms with Gasteiger partial charge in [-0.1, -0.05) is 18.2 Å². The zero-order valence-electron chi connectivity index (χ0n) is 17.7. The molecule has 2 heterocycles. The zero-order valence-corrected chi connectivity index (χ0v) is 17.7. The second-order valence-electron chi connectivity index (χ2n) is 8.06. The summed E-state index contributed by atoms with van der Waals surface area (Å²) in [6, 6.07) is 9.69. The number of para-hydroxylation sites is 1. The Morgan fingerprint density at radius 2 is 1.88 bits per heavy atom. The average Bonchev–Trinajstić information content (AvgIpc) is 3.27. The number of halogens is 3. The van der Waals surface area contributed by atoms with Gasteiger partial charge in [0.1, 0.15) is 35.7 Å². The van der Waals surface area contributed by atoms with E-state index in [2.05, 4.69) is 10.1 Å². The van der Waals surface area contributed by atoms with Crippen molar-refractivity contribution in [1.29, 1.82) is 0 Å². The molecule has 2 atom stereocenters. The number of benzene rings is 2. The van der Waals surface area contributed by atoms with Crippen molar-refractivity contribution in [3.63, 3.8) is 0 Å². The van der Waals surface area contributed by atoms with Crippen LogP contribution in [-0.2, 0) is 16.9 Å². The summed E-state index contributed by atoms with van der Waals surface area (Å²) in [6.07, 6.45) is 2.90.